The van der Waals surface area contributed by atoms with Crippen LogP contribution in [0.4, 0.5) is 21.8 Å². The Morgan fingerprint density at radius 3 is 2.72 bits per heavy atom. The second-order valence-corrected chi connectivity index (χ2v) is 5.86. The van der Waals surface area contributed by atoms with Crippen molar-refractivity contribution < 1.29 is 9.13 Å². The van der Waals surface area contributed by atoms with Gasteiger partial charge >= 0.3 is 0 Å². The van der Waals surface area contributed by atoms with E-state index in [1.165, 1.54) is 12.1 Å². The number of ether oxygens (including phenoxy) is 1. The topological polar surface area (TPSA) is 76.1 Å². The number of anilines is 3. The molecule has 2 aromatic heterocycles. The minimum atomic E-state index is -0.480. The van der Waals surface area contributed by atoms with E-state index in [4.69, 9.17) is 16.3 Å². The molecule has 1 aliphatic heterocycles. The van der Waals surface area contributed by atoms with Crippen molar-refractivity contribution in [2.24, 2.45) is 0 Å². The Kier molecular flexibility index (Phi) is 4.29. The highest BCUT2D eigenvalue weighted by atomic mass is 35.5. The van der Waals surface area contributed by atoms with Crippen LogP contribution in [0.2, 0.25) is 5.02 Å². The zero-order valence-corrected chi connectivity index (χ0v) is 13.9. The van der Waals surface area contributed by atoms with Crippen LogP contribution in [0.1, 0.15) is 0 Å². The van der Waals surface area contributed by atoms with Crippen LogP contribution in [0, 0.1) is 5.82 Å². The first-order valence-electron chi connectivity index (χ1n) is 7.74. The normalized spacial score (nSPS) is 14.7. The van der Waals surface area contributed by atoms with E-state index in [2.05, 4.69) is 30.2 Å². The van der Waals surface area contributed by atoms with E-state index < -0.39 is 5.82 Å². The predicted octanol–water partition coefficient (Wildman–Crippen LogP) is 2.79. The Morgan fingerprint density at radius 2 is 1.92 bits per heavy atom. The Hall–Kier alpha value is -2.58. The Balaban J connectivity index is 1.74. The summed E-state index contributed by atoms with van der Waals surface area (Å²) in [5.74, 6) is 0.556. The van der Waals surface area contributed by atoms with Crippen molar-refractivity contribution in [2.45, 2.75) is 0 Å². The lowest BCUT2D eigenvalue weighted by molar-refractivity contribution is 0.122. The van der Waals surface area contributed by atoms with Crippen LogP contribution in [0.5, 0.6) is 0 Å². The Labute approximate surface area is 147 Å². The molecule has 0 bridgehead atoms. The van der Waals surface area contributed by atoms with Gasteiger partial charge in [0.25, 0.3) is 0 Å². The zero-order valence-electron chi connectivity index (χ0n) is 13.1. The molecule has 3 aromatic rings. The number of morpholine rings is 1. The summed E-state index contributed by atoms with van der Waals surface area (Å²) in [4.78, 5) is 19.7. The van der Waals surface area contributed by atoms with Gasteiger partial charge in [0.1, 0.15) is 5.82 Å². The molecule has 0 atom stereocenters. The van der Waals surface area contributed by atoms with E-state index in [1.807, 2.05) is 0 Å². The number of nitrogens with one attached hydrogen (secondary N) is 1. The molecule has 1 aliphatic rings. The minimum absolute atomic E-state index is 0.0268. The smallest absolute Gasteiger partial charge is 0.231 e. The largest absolute Gasteiger partial charge is 0.378 e. The summed E-state index contributed by atoms with van der Waals surface area (Å²) >= 11 is 5.83. The van der Waals surface area contributed by atoms with Gasteiger partial charge in [0.2, 0.25) is 5.95 Å². The lowest BCUT2D eigenvalue weighted by Gasteiger charge is -2.28. The van der Waals surface area contributed by atoms with Crippen molar-refractivity contribution in [3.63, 3.8) is 0 Å². The third-order valence-corrected chi connectivity index (χ3v) is 4.09. The number of nitrogens with zero attached hydrogens (tertiary/aromatic N) is 5. The van der Waals surface area contributed by atoms with Crippen molar-refractivity contribution in [1.29, 1.82) is 0 Å². The average molecular weight is 361 g/mol. The third-order valence-electron chi connectivity index (χ3n) is 3.80. The van der Waals surface area contributed by atoms with Gasteiger partial charge in [-0.05, 0) is 18.2 Å². The van der Waals surface area contributed by atoms with Gasteiger partial charge < -0.3 is 15.0 Å². The van der Waals surface area contributed by atoms with E-state index in [0.29, 0.717) is 54.9 Å². The van der Waals surface area contributed by atoms with Gasteiger partial charge in [0.05, 0.1) is 18.2 Å². The molecule has 25 heavy (non-hydrogen) atoms. The fourth-order valence-electron chi connectivity index (χ4n) is 2.60. The molecule has 1 N–H and O–H groups in total. The summed E-state index contributed by atoms with van der Waals surface area (Å²) in [5, 5.41) is 3.07. The van der Waals surface area contributed by atoms with Gasteiger partial charge in [0.15, 0.2) is 17.0 Å². The lowest BCUT2D eigenvalue weighted by Crippen LogP contribution is -2.37. The molecule has 3 heterocycles. The highest BCUT2D eigenvalue weighted by Crippen LogP contribution is 2.26. The zero-order chi connectivity index (χ0) is 17.2. The third kappa shape index (κ3) is 3.31. The van der Waals surface area contributed by atoms with Crippen molar-refractivity contribution in [1.82, 2.24) is 19.9 Å². The lowest BCUT2D eigenvalue weighted by atomic mass is 10.3. The molecule has 0 radical (unpaired) electrons. The number of hydrogen-bond acceptors (Lipinski definition) is 7. The highest BCUT2D eigenvalue weighted by molar-refractivity contribution is 6.31. The molecule has 128 valence electrons. The van der Waals surface area contributed by atoms with E-state index in [9.17, 15) is 4.39 Å². The molecule has 4 rings (SSSR count). The number of halogens is 2. The molecule has 1 saturated heterocycles. The maximum Gasteiger partial charge on any atom is 0.231 e. The molecule has 1 fully saturated rings. The monoisotopic (exact) mass is 360 g/mol. The summed E-state index contributed by atoms with van der Waals surface area (Å²) in [6, 6.07) is 4.34. The maximum atomic E-state index is 13.3. The van der Waals surface area contributed by atoms with Crippen LogP contribution in [-0.4, -0.2) is 46.2 Å². The first-order valence-corrected chi connectivity index (χ1v) is 8.12. The second kappa shape index (κ2) is 6.73. The molecule has 9 heteroatoms. The van der Waals surface area contributed by atoms with Gasteiger partial charge in [0, 0.05) is 31.2 Å². The van der Waals surface area contributed by atoms with Crippen molar-refractivity contribution in [3.8, 4) is 0 Å². The summed E-state index contributed by atoms with van der Waals surface area (Å²) in [6.07, 6.45) is 3.19. The van der Waals surface area contributed by atoms with E-state index in [1.54, 1.807) is 18.5 Å². The number of aromatic nitrogens is 4. The second-order valence-electron chi connectivity index (χ2n) is 5.45. The van der Waals surface area contributed by atoms with Crippen molar-refractivity contribution >= 4 is 40.2 Å². The quantitative estimate of drug-likeness (QED) is 0.769. The molecule has 1 aromatic carbocycles. The Bertz CT molecular complexity index is 918. The molecule has 0 spiro atoms. The summed E-state index contributed by atoms with van der Waals surface area (Å²) in [6.45, 7) is 2.68. The number of rotatable bonds is 3. The molecule has 0 unspecified atom stereocenters. The molecule has 0 saturated carbocycles. The molecule has 7 nitrogen and oxygen atoms in total. The van der Waals surface area contributed by atoms with Gasteiger partial charge in [-0.15, -0.1) is 0 Å². The summed E-state index contributed by atoms with van der Waals surface area (Å²) < 4.78 is 18.7. The Morgan fingerprint density at radius 1 is 1.12 bits per heavy atom. The maximum absolute atomic E-state index is 13.3. The SMILES string of the molecule is Fc1ccc(Nc2nc(N3CCOCC3)c3nccnc3n2)cc1Cl. The van der Waals surface area contributed by atoms with Gasteiger partial charge in [-0.2, -0.15) is 9.97 Å². The van der Waals surface area contributed by atoms with Crippen LogP contribution in [0.3, 0.4) is 0 Å². The summed E-state index contributed by atoms with van der Waals surface area (Å²) in [7, 11) is 0. The van der Waals surface area contributed by atoms with E-state index >= 15 is 0 Å². The van der Waals surface area contributed by atoms with Crippen molar-refractivity contribution in [3.05, 3.63) is 41.4 Å². The van der Waals surface area contributed by atoms with Crippen LogP contribution < -0.4 is 10.2 Å². The number of benzene rings is 1. The average Bonchev–Trinajstić information content (AvgIpc) is 2.65. The standard InChI is InChI=1S/C16H14ClFN6O/c17-11-9-10(1-2-12(11)18)21-16-22-14-13(19-3-4-20-14)15(23-16)24-5-7-25-8-6-24/h1-4,9H,5-8H2,(H,20,21,22,23). The van der Waals surface area contributed by atoms with Gasteiger partial charge in [-0.25, -0.2) is 14.4 Å². The highest BCUT2D eigenvalue weighted by Gasteiger charge is 2.19. The van der Waals surface area contributed by atoms with E-state index in [0.717, 1.165) is 0 Å². The van der Waals surface area contributed by atoms with E-state index in [-0.39, 0.29) is 5.02 Å². The van der Waals surface area contributed by atoms with Gasteiger partial charge in [-0.1, -0.05) is 11.6 Å². The van der Waals surface area contributed by atoms with Crippen LogP contribution >= 0.6 is 11.6 Å². The minimum Gasteiger partial charge on any atom is -0.378 e. The molecular formula is C16H14ClFN6O. The fourth-order valence-corrected chi connectivity index (χ4v) is 2.78. The molecule has 0 aliphatic carbocycles. The van der Waals surface area contributed by atoms with Gasteiger partial charge in [-0.3, -0.25) is 0 Å². The van der Waals surface area contributed by atoms with Crippen LogP contribution in [0.15, 0.2) is 30.6 Å². The van der Waals surface area contributed by atoms with Crippen LogP contribution in [-0.2, 0) is 4.74 Å². The first kappa shape index (κ1) is 15.9. The number of hydrogen-bond donors (Lipinski definition) is 1. The molecule has 0 amide bonds. The predicted molar refractivity (Wildman–Crippen MR) is 92.9 cm³/mol. The van der Waals surface area contributed by atoms with Crippen LogP contribution in [0.25, 0.3) is 11.2 Å². The molecular weight excluding hydrogens is 347 g/mol. The van der Waals surface area contributed by atoms with Crippen molar-refractivity contribution in [2.75, 3.05) is 36.5 Å². The number of fused-ring (bicyclic) bond motifs is 1. The fraction of sp³-hybridized carbons (Fsp3) is 0.250. The first-order chi connectivity index (χ1) is 12.2. The summed E-state index contributed by atoms with van der Waals surface area (Å²) in [5.41, 5.74) is 1.70.